The van der Waals surface area contributed by atoms with Crippen LogP contribution in [-0.2, 0) is 0 Å². The standard InChI is InChI=1S/C16H26N2S/c1-4-14(17)13-7-5-6-8-15(13)18-10-9-16(2,3)19-12-11-18/h5-8,14H,4,9-12,17H2,1-3H3. The van der Waals surface area contributed by atoms with Crippen molar-refractivity contribution in [2.45, 2.75) is 44.4 Å². The summed E-state index contributed by atoms with van der Waals surface area (Å²) in [4.78, 5) is 2.52. The average Bonchev–Trinajstić information content (AvgIpc) is 2.59. The lowest BCUT2D eigenvalue weighted by Gasteiger charge is -2.28. The molecule has 1 aromatic rings. The van der Waals surface area contributed by atoms with Crippen molar-refractivity contribution < 1.29 is 0 Å². The number of nitrogens with two attached hydrogens (primary N) is 1. The van der Waals surface area contributed by atoms with Crippen molar-refractivity contribution in [2.24, 2.45) is 5.73 Å². The van der Waals surface area contributed by atoms with Gasteiger partial charge in [-0.15, -0.1) is 0 Å². The molecule has 2 rings (SSSR count). The number of thioether (sulfide) groups is 1. The van der Waals surface area contributed by atoms with E-state index in [4.69, 9.17) is 5.73 Å². The van der Waals surface area contributed by atoms with Crippen molar-refractivity contribution in [3.05, 3.63) is 29.8 Å². The highest BCUT2D eigenvalue weighted by atomic mass is 32.2. The second kappa shape index (κ2) is 6.19. The van der Waals surface area contributed by atoms with Gasteiger partial charge in [-0.2, -0.15) is 11.8 Å². The van der Waals surface area contributed by atoms with E-state index in [0.717, 1.165) is 19.5 Å². The molecule has 2 nitrogen and oxygen atoms in total. The van der Waals surface area contributed by atoms with E-state index in [0.29, 0.717) is 4.75 Å². The van der Waals surface area contributed by atoms with Crippen LogP contribution < -0.4 is 10.6 Å². The first-order valence-corrected chi connectivity index (χ1v) is 8.25. The minimum absolute atomic E-state index is 0.153. The Morgan fingerprint density at radius 1 is 1.32 bits per heavy atom. The molecule has 0 spiro atoms. The Kier molecular flexibility index (Phi) is 4.80. The zero-order valence-electron chi connectivity index (χ0n) is 12.4. The van der Waals surface area contributed by atoms with Crippen LogP contribution in [0.1, 0.15) is 45.2 Å². The van der Waals surface area contributed by atoms with Crippen molar-refractivity contribution >= 4 is 17.4 Å². The van der Waals surface area contributed by atoms with Crippen LogP contribution >= 0.6 is 11.8 Å². The molecule has 0 saturated carbocycles. The molecule has 1 aliphatic heterocycles. The second-order valence-corrected chi connectivity index (χ2v) is 7.72. The van der Waals surface area contributed by atoms with Crippen LogP contribution in [0.15, 0.2) is 24.3 Å². The molecule has 1 fully saturated rings. The Hall–Kier alpha value is -0.670. The Bertz CT molecular complexity index is 417. The predicted molar refractivity (Wildman–Crippen MR) is 87.0 cm³/mol. The minimum Gasteiger partial charge on any atom is -0.370 e. The lowest BCUT2D eigenvalue weighted by atomic mass is 10.0. The van der Waals surface area contributed by atoms with Gasteiger partial charge in [0.05, 0.1) is 0 Å². The molecule has 3 heteroatoms. The molecule has 0 aromatic heterocycles. The van der Waals surface area contributed by atoms with E-state index in [1.165, 1.54) is 23.4 Å². The fraction of sp³-hybridized carbons (Fsp3) is 0.625. The van der Waals surface area contributed by atoms with Gasteiger partial charge in [0.25, 0.3) is 0 Å². The molecule has 19 heavy (non-hydrogen) atoms. The molecular formula is C16H26N2S. The zero-order valence-corrected chi connectivity index (χ0v) is 13.2. The van der Waals surface area contributed by atoms with Crippen LogP contribution in [0.5, 0.6) is 0 Å². The monoisotopic (exact) mass is 278 g/mol. The normalized spacial score (nSPS) is 20.9. The van der Waals surface area contributed by atoms with Gasteiger partial charge in [-0.3, -0.25) is 0 Å². The predicted octanol–water partition coefficient (Wildman–Crippen LogP) is 3.82. The van der Waals surface area contributed by atoms with Crippen LogP contribution in [-0.4, -0.2) is 23.6 Å². The number of hydrogen-bond acceptors (Lipinski definition) is 3. The smallest absolute Gasteiger partial charge is 0.0414 e. The van der Waals surface area contributed by atoms with Gasteiger partial charge in [0, 0.05) is 35.3 Å². The number of para-hydroxylation sites is 1. The first kappa shape index (κ1) is 14.7. The van der Waals surface area contributed by atoms with E-state index in [-0.39, 0.29) is 6.04 Å². The summed E-state index contributed by atoms with van der Waals surface area (Å²) in [5.74, 6) is 1.20. The number of rotatable bonds is 3. The van der Waals surface area contributed by atoms with Gasteiger partial charge in [-0.1, -0.05) is 39.0 Å². The lowest BCUT2D eigenvalue weighted by molar-refractivity contribution is 0.632. The van der Waals surface area contributed by atoms with E-state index < -0.39 is 0 Å². The molecule has 1 aliphatic rings. The SMILES string of the molecule is CCC(N)c1ccccc1N1CCSC(C)(C)CC1. The minimum atomic E-state index is 0.153. The second-order valence-electron chi connectivity index (χ2n) is 5.92. The molecule has 0 amide bonds. The summed E-state index contributed by atoms with van der Waals surface area (Å²) in [7, 11) is 0. The van der Waals surface area contributed by atoms with Crippen LogP contribution in [0.4, 0.5) is 5.69 Å². The van der Waals surface area contributed by atoms with Crippen LogP contribution in [0, 0.1) is 0 Å². The first-order chi connectivity index (χ1) is 9.03. The van der Waals surface area contributed by atoms with Gasteiger partial charge in [0.2, 0.25) is 0 Å². The Morgan fingerprint density at radius 3 is 2.79 bits per heavy atom. The van der Waals surface area contributed by atoms with E-state index in [9.17, 15) is 0 Å². The van der Waals surface area contributed by atoms with Gasteiger partial charge < -0.3 is 10.6 Å². The number of benzene rings is 1. The van der Waals surface area contributed by atoms with Gasteiger partial charge >= 0.3 is 0 Å². The van der Waals surface area contributed by atoms with Crippen LogP contribution in [0.25, 0.3) is 0 Å². The van der Waals surface area contributed by atoms with Gasteiger partial charge in [-0.05, 0) is 24.5 Å². The molecule has 0 radical (unpaired) electrons. The largest absolute Gasteiger partial charge is 0.370 e. The van der Waals surface area contributed by atoms with E-state index in [1.54, 1.807) is 0 Å². The third kappa shape index (κ3) is 3.67. The lowest BCUT2D eigenvalue weighted by Crippen LogP contribution is -2.28. The van der Waals surface area contributed by atoms with Crippen molar-refractivity contribution in [1.29, 1.82) is 0 Å². The van der Waals surface area contributed by atoms with Crippen molar-refractivity contribution in [2.75, 3.05) is 23.7 Å². The molecule has 0 bridgehead atoms. The van der Waals surface area contributed by atoms with Gasteiger partial charge in [0.15, 0.2) is 0 Å². The highest BCUT2D eigenvalue weighted by Crippen LogP contribution is 2.34. The third-order valence-corrected chi connectivity index (χ3v) is 5.33. The molecule has 2 N–H and O–H groups in total. The summed E-state index contributed by atoms with van der Waals surface area (Å²) in [6.45, 7) is 9.12. The molecule has 1 aromatic carbocycles. The third-order valence-electron chi connectivity index (χ3n) is 3.95. The fourth-order valence-corrected chi connectivity index (χ4v) is 3.67. The Morgan fingerprint density at radius 2 is 2.05 bits per heavy atom. The molecular weight excluding hydrogens is 252 g/mol. The van der Waals surface area contributed by atoms with Gasteiger partial charge in [-0.25, -0.2) is 0 Å². The fourth-order valence-electron chi connectivity index (χ4n) is 2.57. The quantitative estimate of drug-likeness (QED) is 0.911. The maximum Gasteiger partial charge on any atom is 0.0414 e. The summed E-state index contributed by atoms with van der Waals surface area (Å²) in [5, 5.41) is 0. The topological polar surface area (TPSA) is 29.3 Å². The van der Waals surface area contributed by atoms with E-state index in [1.807, 2.05) is 0 Å². The number of hydrogen-bond donors (Lipinski definition) is 1. The maximum absolute atomic E-state index is 6.26. The molecule has 1 unspecified atom stereocenters. The zero-order chi connectivity index (χ0) is 13.9. The van der Waals surface area contributed by atoms with Gasteiger partial charge in [0.1, 0.15) is 0 Å². The van der Waals surface area contributed by atoms with E-state index in [2.05, 4.69) is 61.7 Å². The Labute approximate surface area is 121 Å². The summed E-state index contributed by atoms with van der Waals surface area (Å²) < 4.78 is 0.399. The Balaban J connectivity index is 2.22. The maximum atomic E-state index is 6.26. The van der Waals surface area contributed by atoms with Crippen molar-refractivity contribution in [3.8, 4) is 0 Å². The molecule has 1 atom stereocenters. The summed E-state index contributed by atoms with van der Waals surface area (Å²) in [6, 6.07) is 8.80. The number of anilines is 1. The van der Waals surface area contributed by atoms with Crippen LogP contribution in [0.3, 0.4) is 0 Å². The summed E-state index contributed by atoms with van der Waals surface area (Å²) >= 11 is 2.09. The van der Waals surface area contributed by atoms with E-state index >= 15 is 0 Å². The summed E-state index contributed by atoms with van der Waals surface area (Å²) in [6.07, 6.45) is 2.22. The highest BCUT2D eigenvalue weighted by Gasteiger charge is 2.25. The summed E-state index contributed by atoms with van der Waals surface area (Å²) in [5.41, 5.74) is 8.91. The van der Waals surface area contributed by atoms with Crippen molar-refractivity contribution in [3.63, 3.8) is 0 Å². The number of nitrogens with zero attached hydrogens (tertiary/aromatic N) is 1. The molecule has 106 valence electrons. The molecule has 1 heterocycles. The first-order valence-electron chi connectivity index (χ1n) is 7.27. The van der Waals surface area contributed by atoms with Crippen LogP contribution in [0.2, 0.25) is 0 Å². The molecule has 1 saturated heterocycles. The van der Waals surface area contributed by atoms with Crippen molar-refractivity contribution in [1.82, 2.24) is 0 Å². The average molecular weight is 278 g/mol. The highest BCUT2D eigenvalue weighted by molar-refractivity contribution is 8.00. The molecule has 0 aliphatic carbocycles.